The number of carbonyl (C=O) groups excluding carboxylic acids is 1. The van der Waals surface area contributed by atoms with E-state index < -0.39 is 0 Å². The summed E-state index contributed by atoms with van der Waals surface area (Å²) in [6.07, 6.45) is 4.06. The minimum atomic E-state index is -0.111. The van der Waals surface area contributed by atoms with Crippen LogP contribution in [0.15, 0.2) is 41.7 Å². The summed E-state index contributed by atoms with van der Waals surface area (Å²) in [6.45, 7) is 1.91. The van der Waals surface area contributed by atoms with Crippen molar-refractivity contribution in [3.8, 4) is 0 Å². The van der Waals surface area contributed by atoms with Crippen molar-refractivity contribution in [1.82, 2.24) is 14.9 Å². The first-order valence-corrected chi connectivity index (χ1v) is 9.45. The Morgan fingerprint density at radius 3 is 2.96 bits per heavy atom. The van der Waals surface area contributed by atoms with Gasteiger partial charge in [-0.1, -0.05) is 42.1 Å². The van der Waals surface area contributed by atoms with Crippen LogP contribution < -0.4 is 5.32 Å². The quantitative estimate of drug-likeness (QED) is 0.702. The predicted octanol–water partition coefficient (Wildman–Crippen LogP) is 1.81. The number of thioether (sulfide) groups is 1. The molecular formula is C18H23N3O3S. The number of rotatable bonds is 8. The Morgan fingerprint density at radius 1 is 1.40 bits per heavy atom. The maximum atomic E-state index is 12.0. The van der Waals surface area contributed by atoms with Gasteiger partial charge in [0.2, 0.25) is 5.91 Å². The van der Waals surface area contributed by atoms with E-state index in [9.17, 15) is 9.90 Å². The molecule has 6 nitrogen and oxygen atoms in total. The molecule has 2 aromatic rings. The molecule has 1 amide bonds. The van der Waals surface area contributed by atoms with Crippen LogP contribution in [0.5, 0.6) is 0 Å². The van der Waals surface area contributed by atoms with Gasteiger partial charge in [-0.2, -0.15) is 0 Å². The smallest absolute Gasteiger partial charge is 0.230 e. The van der Waals surface area contributed by atoms with Gasteiger partial charge < -0.3 is 19.7 Å². The highest BCUT2D eigenvalue weighted by Gasteiger charge is 2.17. The van der Waals surface area contributed by atoms with E-state index >= 15 is 0 Å². The molecule has 0 saturated carbocycles. The summed E-state index contributed by atoms with van der Waals surface area (Å²) in [4.78, 5) is 16.5. The van der Waals surface area contributed by atoms with E-state index in [2.05, 4.69) is 10.3 Å². The average Bonchev–Trinajstić information content (AvgIpc) is 3.29. The Kier molecular flexibility index (Phi) is 6.49. The van der Waals surface area contributed by atoms with Crippen molar-refractivity contribution >= 4 is 17.7 Å². The number of aliphatic hydroxyl groups excluding tert-OH is 1. The molecule has 1 aliphatic heterocycles. The van der Waals surface area contributed by atoms with Gasteiger partial charge >= 0.3 is 0 Å². The summed E-state index contributed by atoms with van der Waals surface area (Å²) < 4.78 is 7.47. The number of hydrogen-bond acceptors (Lipinski definition) is 5. The largest absolute Gasteiger partial charge is 0.390 e. The number of imidazole rings is 1. The lowest BCUT2D eigenvalue weighted by Gasteiger charge is -2.11. The summed E-state index contributed by atoms with van der Waals surface area (Å²) in [5, 5.41) is 13.0. The summed E-state index contributed by atoms with van der Waals surface area (Å²) in [7, 11) is 0. The van der Waals surface area contributed by atoms with Crippen LogP contribution in [-0.4, -0.2) is 45.6 Å². The normalized spacial score (nSPS) is 16.9. The Hall–Kier alpha value is -1.83. The molecule has 1 aromatic carbocycles. The second kappa shape index (κ2) is 9.03. The van der Waals surface area contributed by atoms with Gasteiger partial charge in [0.1, 0.15) is 0 Å². The maximum Gasteiger partial charge on any atom is 0.230 e. The molecule has 0 spiro atoms. The van der Waals surface area contributed by atoms with Gasteiger partial charge in [0.05, 0.1) is 24.2 Å². The first-order chi connectivity index (χ1) is 12.2. The molecule has 0 bridgehead atoms. The van der Waals surface area contributed by atoms with Crippen molar-refractivity contribution in [2.75, 3.05) is 18.9 Å². The number of aromatic nitrogens is 2. The third-order valence-corrected chi connectivity index (χ3v) is 5.02. The van der Waals surface area contributed by atoms with Crippen molar-refractivity contribution in [2.24, 2.45) is 0 Å². The van der Waals surface area contributed by atoms with Crippen LogP contribution in [0.4, 0.5) is 0 Å². The van der Waals surface area contributed by atoms with E-state index in [1.807, 2.05) is 41.1 Å². The molecule has 0 aliphatic carbocycles. The zero-order valence-corrected chi connectivity index (χ0v) is 14.9. The second-order valence-corrected chi connectivity index (χ2v) is 6.96. The lowest BCUT2D eigenvalue weighted by molar-refractivity contribution is -0.119. The van der Waals surface area contributed by atoms with Crippen LogP contribution in [0.3, 0.4) is 0 Å². The van der Waals surface area contributed by atoms with Gasteiger partial charge in [0, 0.05) is 25.9 Å². The molecule has 1 atom stereocenters. The fourth-order valence-electron chi connectivity index (χ4n) is 2.75. The topological polar surface area (TPSA) is 76.4 Å². The van der Waals surface area contributed by atoms with Gasteiger partial charge in [-0.3, -0.25) is 4.79 Å². The van der Waals surface area contributed by atoms with E-state index in [1.165, 1.54) is 11.8 Å². The molecule has 1 fully saturated rings. The monoisotopic (exact) mass is 361 g/mol. The first kappa shape index (κ1) is 18.0. The molecular weight excluding hydrogens is 338 g/mol. The van der Waals surface area contributed by atoms with E-state index in [0.717, 1.165) is 30.2 Å². The molecule has 0 radical (unpaired) electrons. The van der Waals surface area contributed by atoms with E-state index in [0.29, 0.717) is 24.5 Å². The summed E-state index contributed by atoms with van der Waals surface area (Å²) in [6, 6.07) is 10.0. The maximum absolute atomic E-state index is 12.0. The van der Waals surface area contributed by atoms with Crippen LogP contribution in [0.1, 0.15) is 24.1 Å². The minimum absolute atomic E-state index is 0.0275. The van der Waals surface area contributed by atoms with Gasteiger partial charge in [-0.05, 0) is 18.4 Å². The van der Waals surface area contributed by atoms with Crippen LogP contribution in [0, 0.1) is 0 Å². The molecule has 0 unspecified atom stereocenters. The second-order valence-electron chi connectivity index (χ2n) is 6.01. The zero-order valence-electron chi connectivity index (χ0n) is 14.1. The SMILES string of the molecule is O=C(CSc1nc(CO)cn1Cc1ccccc1)NC[C@H]1CCCO1. The third kappa shape index (κ3) is 5.32. The van der Waals surface area contributed by atoms with E-state index in [1.54, 1.807) is 0 Å². The first-order valence-electron chi connectivity index (χ1n) is 8.46. The molecule has 1 aliphatic rings. The molecule has 3 rings (SSSR count). The zero-order chi connectivity index (χ0) is 17.5. The number of aliphatic hydroxyl groups is 1. The summed E-state index contributed by atoms with van der Waals surface area (Å²) >= 11 is 1.38. The van der Waals surface area contributed by atoms with Gasteiger partial charge in [-0.25, -0.2) is 4.98 Å². The van der Waals surface area contributed by atoms with Crippen LogP contribution in [-0.2, 0) is 22.7 Å². The van der Waals surface area contributed by atoms with Gasteiger partial charge in [-0.15, -0.1) is 0 Å². The third-order valence-electron chi connectivity index (χ3n) is 4.03. The Bertz CT molecular complexity index is 684. The molecule has 2 N–H and O–H groups in total. The van der Waals surface area contributed by atoms with Crippen molar-refractivity contribution < 1.29 is 14.6 Å². The van der Waals surface area contributed by atoms with Crippen molar-refractivity contribution in [3.63, 3.8) is 0 Å². The number of nitrogens with zero attached hydrogens (tertiary/aromatic N) is 2. The van der Waals surface area contributed by atoms with Crippen molar-refractivity contribution in [3.05, 3.63) is 47.8 Å². The molecule has 1 aromatic heterocycles. The van der Waals surface area contributed by atoms with Gasteiger partial charge in [0.15, 0.2) is 5.16 Å². The van der Waals surface area contributed by atoms with Crippen LogP contribution in [0.2, 0.25) is 0 Å². The number of amides is 1. The van der Waals surface area contributed by atoms with Crippen molar-refractivity contribution in [2.45, 2.75) is 37.3 Å². The fraction of sp³-hybridized carbons (Fsp3) is 0.444. The number of benzene rings is 1. The van der Waals surface area contributed by atoms with Crippen LogP contribution >= 0.6 is 11.8 Å². The lowest BCUT2D eigenvalue weighted by Crippen LogP contribution is -2.32. The number of carbonyl (C=O) groups is 1. The Labute approximate surface area is 151 Å². The minimum Gasteiger partial charge on any atom is -0.390 e. The molecule has 134 valence electrons. The Morgan fingerprint density at radius 2 is 2.24 bits per heavy atom. The van der Waals surface area contributed by atoms with E-state index in [4.69, 9.17) is 4.74 Å². The Balaban J connectivity index is 1.55. The molecule has 25 heavy (non-hydrogen) atoms. The van der Waals surface area contributed by atoms with Crippen molar-refractivity contribution in [1.29, 1.82) is 0 Å². The standard InChI is InChI=1S/C18H23N3O3S/c22-12-15-11-21(10-14-5-2-1-3-6-14)18(20-15)25-13-17(23)19-9-16-7-4-8-24-16/h1-3,5-6,11,16,22H,4,7-10,12-13H2,(H,19,23)/t16-/m1/s1. The predicted molar refractivity (Wildman–Crippen MR) is 96.4 cm³/mol. The number of nitrogens with one attached hydrogen (secondary N) is 1. The lowest BCUT2D eigenvalue weighted by atomic mass is 10.2. The number of ether oxygens (including phenoxy) is 1. The molecule has 7 heteroatoms. The van der Waals surface area contributed by atoms with E-state index in [-0.39, 0.29) is 18.6 Å². The highest BCUT2D eigenvalue weighted by molar-refractivity contribution is 7.99. The van der Waals surface area contributed by atoms with Crippen LogP contribution in [0.25, 0.3) is 0 Å². The van der Waals surface area contributed by atoms with Gasteiger partial charge in [0.25, 0.3) is 0 Å². The molecule has 2 heterocycles. The highest BCUT2D eigenvalue weighted by Crippen LogP contribution is 2.19. The average molecular weight is 361 g/mol. The summed E-state index contributed by atoms with van der Waals surface area (Å²) in [5.41, 5.74) is 1.76. The number of hydrogen-bond donors (Lipinski definition) is 2. The highest BCUT2D eigenvalue weighted by atomic mass is 32.2. The fourth-order valence-corrected chi connectivity index (χ4v) is 3.58. The molecule has 1 saturated heterocycles. The summed E-state index contributed by atoms with van der Waals surface area (Å²) in [5.74, 6) is 0.268.